The van der Waals surface area contributed by atoms with E-state index in [9.17, 15) is 8.78 Å². The third kappa shape index (κ3) is 1.33. The van der Waals surface area contributed by atoms with Crippen molar-refractivity contribution in [3.05, 3.63) is 34.4 Å². The molecule has 0 aromatic heterocycles. The molecule has 3 unspecified atom stereocenters. The molecule has 2 aliphatic rings. The highest BCUT2D eigenvalue weighted by atomic mass is 19.3. The highest BCUT2D eigenvalue weighted by Gasteiger charge is 2.57. The first-order valence-electron chi connectivity index (χ1n) is 6.41. The smallest absolute Gasteiger partial charge is 0.206 e. The van der Waals surface area contributed by atoms with Gasteiger partial charge in [-0.1, -0.05) is 19.1 Å². The Bertz CT molecular complexity index is 476. The SMILES string of the molecule is Cc1ccc(C)c2c1C(C)C1CCC(F)(F)C21. The van der Waals surface area contributed by atoms with E-state index in [2.05, 4.69) is 13.0 Å². The quantitative estimate of drug-likeness (QED) is 0.620. The molecule has 0 spiro atoms. The van der Waals surface area contributed by atoms with E-state index in [1.807, 2.05) is 19.9 Å². The average molecular weight is 236 g/mol. The van der Waals surface area contributed by atoms with E-state index in [4.69, 9.17) is 0 Å². The van der Waals surface area contributed by atoms with Gasteiger partial charge in [0.05, 0.1) is 5.92 Å². The maximum atomic E-state index is 14.1. The van der Waals surface area contributed by atoms with Crippen LogP contribution in [0, 0.1) is 19.8 Å². The maximum absolute atomic E-state index is 14.1. The summed E-state index contributed by atoms with van der Waals surface area (Å²) in [5.41, 5.74) is 4.40. The summed E-state index contributed by atoms with van der Waals surface area (Å²) in [6.45, 7) is 6.15. The van der Waals surface area contributed by atoms with E-state index >= 15 is 0 Å². The molecule has 0 radical (unpaired) electrons. The predicted octanol–water partition coefficient (Wildman–Crippen LogP) is 4.55. The van der Waals surface area contributed by atoms with Gasteiger partial charge in [0.15, 0.2) is 0 Å². The van der Waals surface area contributed by atoms with Gasteiger partial charge in [-0.05, 0) is 54.4 Å². The zero-order valence-corrected chi connectivity index (χ0v) is 10.6. The summed E-state index contributed by atoms with van der Waals surface area (Å²) in [4.78, 5) is 0. The largest absolute Gasteiger partial charge is 0.255 e. The zero-order chi connectivity index (χ0) is 12.4. The monoisotopic (exact) mass is 236 g/mol. The summed E-state index contributed by atoms with van der Waals surface area (Å²) in [5, 5.41) is 0. The Kier molecular flexibility index (Phi) is 2.17. The van der Waals surface area contributed by atoms with Crippen molar-refractivity contribution < 1.29 is 8.78 Å². The second kappa shape index (κ2) is 3.30. The van der Waals surface area contributed by atoms with Gasteiger partial charge in [-0.2, -0.15) is 0 Å². The lowest BCUT2D eigenvalue weighted by molar-refractivity contribution is -0.0134. The van der Waals surface area contributed by atoms with Crippen LogP contribution in [0.3, 0.4) is 0 Å². The van der Waals surface area contributed by atoms with Crippen LogP contribution in [0.25, 0.3) is 0 Å². The van der Waals surface area contributed by atoms with Gasteiger partial charge in [0.1, 0.15) is 0 Å². The van der Waals surface area contributed by atoms with Crippen molar-refractivity contribution in [1.29, 1.82) is 0 Å². The molecular weight excluding hydrogens is 218 g/mol. The molecule has 0 aliphatic heterocycles. The Balaban J connectivity index is 2.25. The lowest BCUT2D eigenvalue weighted by atomic mass is 9.89. The van der Waals surface area contributed by atoms with Crippen molar-refractivity contribution in [3.8, 4) is 0 Å². The summed E-state index contributed by atoms with van der Waals surface area (Å²) >= 11 is 0. The van der Waals surface area contributed by atoms with E-state index < -0.39 is 11.8 Å². The summed E-state index contributed by atoms with van der Waals surface area (Å²) in [5.74, 6) is -2.57. The van der Waals surface area contributed by atoms with Gasteiger partial charge in [0.25, 0.3) is 5.92 Å². The van der Waals surface area contributed by atoms with Crippen LogP contribution in [-0.2, 0) is 0 Å². The van der Waals surface area contributed by atoms with E-state index in [0.717, 1.165) is 11.1 Å². The average Bonchev–Trinajstić information content (AvgIpc) is 2.72. The summed E-state index contributed by atoms with van der Waals surface area (Å²) in [7, 11) is 0. The lowest BCUT2D eigenvalue weighted by Gasteiger charge is -2.21. The van der Waals surface area contributed by atoms with E-state index in [0.29, 0.717) is 12.3 Å². The molecule has 1 aromatic carbocycles. The molecule has 92 valence electrons. The predicted molar refractivity (Wildman–Crippen MR) is 64.7 cm³/mol. The van der Waals surface area contributed by atoms with Crippen LogP contribution in [0.1, 0.15) is 53.9 Å². The molecule has 0 saturated heterocycles. The maximum Gasteiger partial charge on any atom is 0.255 e. The molecule has 0 heterocycles. The summed E-state index contributed by atoms with van der Waals surface area (Å²) < 4.78 is 28.1. The minimum atomic E-state index is -2.50. The number of aryl methyl sites for hydroxylation is 2. The second-order valence-corrected chi connectivity index (χ2v) is 5.76. The highest BCUT2D eigenvalue weighted by molar-refractivity contribution is 5.50. The van der Waals surface area contributed by atoms with Gasteiger partial charge in [0, 0.05) is 6.42 Å². The minimum absolute atomic E-state index is 0.0689. The number of hydrogen-bond acceptors (Lipinski definition) is 0. The number of alkyl halides is 2. The van der Waals surface area contributed by atoms with Crippen molar-refractivity contribution in [2.24, 2.45) is 5.92 Å². The van der Waals surface area contributed by atoms with Gasteiger partial charge in [-0.3, -0.25) is 0 Å². The number of fused-ring (bicyclic) bond motifs is 3. The molecule has 3 atom stereocenters. The first-order valence-corrected chi connectivity index (χ1v) is 6.41. The number of halogens is 2. The fourth-order valence-corrected chi connectivity index (χ4v) is 4.04. The van der Waals surface area contributed by atoms with Crippen LogP contribution < -0.4 is 0 Å². The van der Waals surface area contributed by atoms with Crippen molar-refractivity contribution in [2.45, 2.75) is 51.4 Å². The first-order chi connectivity index (χ1) is 7.93. The fourth-order valence-electron chi connectivity index (χ4n) is 4.04. The van der Waals surface area contributed by atoms with Crippen molar-refractivity contribution in [1.82, 2.24) is 0 Å². The topological polar surface area (TPSA) is 0 Å². The molecule has 17 heavy (non-hydrogen) atoms. The molecule has 3 rings (SSSR count). The first kappa shape index (κ1) is 11.2. The normalized spacial score (nSPS) is 33.6. The molecule has 2 heteroatoms. The summed E-state index contributed by atoms with van der Waals surface area (Å²) in [6.07, 6.45) is 0.742. The van der Waals surface area contributed by atoms with Crippen LogP contribution in [0.2, 0.25) is 0 Å². The molecule has 1 aromatic rings. The van der Waals surface area contributed by atoms with Crippen LogP contribution in [-0.4, -0.2) is 5.92 Å². The Morgan fingerprint density at radius 1 is 1.12 bits per heavy atom. The second-order valence-electron chi connectivity index (χ2n) is 5.76. The summed E-state index contributed by atoms with van der Waals surface area (Å²) in [6, 6.07) is 4.07. The van der Waals surface area contributed by atoms with Gasteiger partial charge < -0.3 is 0 Å². The standard InChI is InChI=1S/C15H18F2/c1-8-4-5-9(2)13-12(8)10(3)11-6-7-15(16,17)14(11)13/h4-5,10-11,14H,6-7H2,1-3H3. The molecule has 1 fully saturated rings. The molecule has 0 N–H and O–H groups in total. The molecule has 1 saturated carbocycles. The van der Waals surface area contributed by atoms with E-state index in [1.54, 1.807) is 0 Å². The van der Waals surface area contributed by atoms with Crippen LogP contribution >= 0.6 is 0 Å². The zero-order valence-electron chi connectivity index (χ0n) is 10.6. The van der Waals surface area contributed by atoms with Gasteiger partial charge in [0.2, 0.25) is 0 Å². The van der Waals surface area contributed by atoms with E-state index in [1.165, 1.54) is 11.1 Å². The van der Waals surface area contributed by atoms with Gasteiger partial charge in [-0.15, -0.1) is 0 Å². The Labute approximate surface area is 101 Å². The number of rotatable bonds is 0. The Hall–Kier alpha value is -0.920. The molecule has 0 bridgehead atoms. The lowest BCUT2D eigenvalue weighted by Crippen LogP contribution is -2.21. The minimum Gasteiger partial charge on any atom is -0.206 e. The van der Waals surface area contributed by atoms with Crippen LogP contribution in [0.4, 0.5) is 8.78 Å². The van der Waals surface area contributed by atoms with Crippen molar-refractivity contribution >= 4 is 0 Å². The van der Waals surface area contributed by atoms with Crippen LogP contribution in [0.15, 0.2) is 12.1 Å². The molecule has 2 aliphatic carbocycles. The third-order valence-corrected chi connectivity index (χ3v) is 4.83. The number of benzene rings is 1. The Morgan fingerprint density at radius 2 is 1.71 bits per heavy atom. The molecule has 0 amide bonds. The van der Waals surface area contributed by atoms with Gasteiger partial charge >= 0.3 is 0 Å². The van der Waals surface area contributed by atoms with Crippen LogP contribution in [0.5, 0.6) is 0 Å². The third-order valence-electron chi connectivity index (χ3n) is 4.83. The molecule has 0 nitrogen and oxygen atoms in total. The Morgan fingerprint density at radius 3 is 2.35 bits per heavy atom. The van der Waals surface area contributed by atoms with Crippen molar-refractivity contribution in [2.75, 3.05) is 0 Å². The van der Waals surface area contributed by atoms with E-state index in [-0.39, 0.29) is 12.3 Å². The molecular formula is C15H18F2. The van der Waals surface area contributed by atoms with Crippen molar-refractivity contribution in [3.63, 3.8) is 0 Å². The van der Waals surface area contributed by atoms with Gasteiger partial charge in [-0.25, -0.2) is 8.78 Å². The number of hydrogen-bond donors (Lipinski definition) is 0. The fraction of sp³-hybridized carbons (Fsp3) is 0.600. The highest BCUT2D eigenvalue weighted by Crippen LogP contribution is 2.61.